The fraction of sp³-hybridized carbons (Fsp3) is 0.600. The number of benzene rings is 1. The van der Waals surface area contributed by atoms with Gasteiger partial charge in [0.1, 0.15) is 0 Å². The summed E-state index contributed by atoms with van der Waals surface area (Å²) in [5.41, 5.74) is 0.138. The number of halogens is 1. The van der Waals surface area contributed by atoms with E-state index in [1.165, 1.54) is 6.42 Å². The lowest BCUT2D eigenvalue weighted by atomic mass is 9.71. The van der Waals surface area contributed by atoms with Crippen LogP contribution >= 0.6 is 11.6 Å². The van der Waals surface area contributed by atoms with Gasteiger partial charge in [-0.3, -0.25) is 0 Å². The Labute approximate surface area is 115 Å². The lowest BCUT2D eigenvalue weighted by molar-refractivity contribution is -0.0617. The minimum atomic E-state index is -0.763. The Bertz CT molecular complexity index is 407. The normalized spacial score (nSPS) is 28.6. The molecule has 2 rings (SSSR count). The molecule has 1 aliphatic rings. The number of nitrogens with zero attached hydrogens (tertiary/aromatic N) is 1. The van der Waals surface area contributed by atoms with E-state index in [2.05, 4.69) is 19.0 Å². The average Bonchev–Trinajstić information content (AvgIpc) is 2.32. The molecule has 1 fully saturated rings. The van der Waals surface area contributed by atoms with Crippen LogP contribution in [0, 0.1) is 5.92 Å². The predicted octanol–water partition coefficient (Wildman–Crippen LogP) is 3.28. The molecule has 0 amide bonds. The molecule has 0 aliphatic heterocycles. The van der Waals surface area contributed by atoms with E-state index < -0.39 is 5.60 Å². The van der Waals surface area contributed by atoms with Gasteiger partial charge in [-0.1, -0.05) is 42.6 Å². The maximum Gasteiger partial charge on any atom is 0.0951 e. The molecule has 18 heavy (non-hydrogen) atoms. The quantitative estimate of drug-likeness (QED) is 0.909. The molecule has 0 aromatic heterocycles. The van der Waals surface area contributed by atoms with Crippen molar-refractivity contribution >= 4 is 11.6 Å². The van der Waals surface area contributed by atoms with Gasteiger partial charge in [-0.15, -0.1) is 0 Å². The smallest absolute Gasteiger partial charge is 0.0951 e. The van der Waals surface area contributed by atoms with Crippen LogP contribution in [0.1, 0.15) is 31.2 Å². The van der Waals surface area contributed by atoms with Gasteiger partial charge in [-0.2, -0.15) is 0 Å². The highest BCUT2D eigenvalue weighted by atomic mass is 35.5. The highest BCUT2D eigenvalue weighted by Crippen LogP contribution is 2.44. The van der Waals surface area contributed by atoms with Crippen molar-refractivity contribution < 1.29 is 5.11 Å². The Balaban J connectivity index is 2.33. The standard InChI is InChI=1S/C15H22ClNO/c1-17(2)11-12-7-5-6-10-15(12,18)13-8-3-4-9-14(13)16/h3-4,8-9,12,18H,5-7,10-11H2,1-2H3. The van der Waals surface area contributed by atoms with Crippen molar-refractivity contribution in [2.75, 3.05) is 20.6 Å². The molecule has 1 aromatic carbocycles. The molecule has 0 heterocycles. The molecule has 1 saturated carbocycles. The van der Waals surface area contributed by atoms with E-state index in [0.29, 0.717) is 5.02 Å². The number of rotatable bonds is 3. The highest BCUT2D eigenvalue weighted by molar-refractivity contribution is 6.31. The van der Waals surface area contributed by atoms with Crippen LogP contribution in [0.5, 0.6) is 0 Å². The molecular weight excluding hydrogens is 246 g/mol. The summed E-state index contributed by atoms with van der Waals surface area (Å²) in [4.78, 5) is 2.15. The molecule has 1 aromatic rings. The van der Waals surface area contributed by atoms with Gasteiger partial charge < -0.3 is 10.0 Å². The van der Waals surface area contributed by atoms with Crippen LogP contribution in [-0.4, -0.2) is 30.6 Å². The molecule has 1 N–H and O–H groups in total. The molecule has 2 unspecified atom stereocenters. The third kappa shape index (κ3) is 2.71. The third-order valence-electron chi connectivity index (χ3n) is 3.96. The second-order valence-electron chi connectivity index (χ2n) is 5.61. The summed E-state index contributed by atoms with van der Waals surface area (Å²) < 4.78 is 0. The number of hydrogen-bond acceptors (Lipinski definition) is 2. The van der Waals surface area contributed by atoms with Crippen molar-refractivity contribution in [2.24, 2.45) is 5.92 Å². The van der Waals surface area contributed by atoms with Gasteiger partial charge in [-0.25, -0.2) is 0 Å². The van der Waals surface area contributed by atoms with E-state index >= 15 is 0 Å². The topological polar surface area (TPSA) is 23.5 Å². The van der Waals surface area contributed by atoms with Crippen LogP contribution in [0.2, 0.25) is 5.02 Å². The van der Waals surface area contributed by atoms with Crippen molar-refractivity contribution in [3.63, 3.8) is 0 Å². The van der Waals surface area contributed by atoms with Crippen molar-refractivity contribution in [2.45, 2.75) is 31.3 Å². The van der Waals surface area contributed by atoms with Crippen LogP contribution in [-0.2, 0) is 5.60 Å². The van der Waals surface area contributed by atoms with Gasteiger partial charge in [0.15, 0.2) is 0 Å². The zero-order valence-electron chi connectivity index (χ0n) is 11.2. The summed E-state index contributed by atoms with van der Waals surface area (Å²) in [5.74, 6) is 0.265. The summed E-state index contributed by atoms with van der Waals surface area (Å²) in [6.07, 6.45) is 4.16. The Morgan fingerprint density at radius 1 is 1.33 bits per heavy atom. The van der Waals surface area contributed by atoms with E-state index in [0.717, 1.165) is 31.4 Å². The Hall–Kier alpha value is -0.570. The number of hydrogen-bond donors (Lipinski definition) is 1. The summed E-state index contributed by atoms with van der Waals surface area (Å²) in [5, 5.41) is 11.8. The van der Waals surface area contributed by atoms with Crippen LogP contribution in [0.25, 0.3) is 0 Å². The summed E-state index contributed by atoms with van der Waals surface area (Å²) in [7, 11) is 4.11. The first kappa shape index (κ1) is 13.9. The van der Waals surface area contributed by atoms with Crippen LogP contribution < -0.4 is 0 Å². The highest BCUT2D eigenvalue weighted by Gasteiger charge is 2.41. The molecule has 2 nitrogen and oxygen atoms in total. The molecule has 2 atom stereocenters. The maximum absolute atomic E-state index is 11.1. The molecule has 3 heteroatoms. The number of aliphatic hydroxyl groups is 1. The molecule has 0 radical (unpaired) electrons. The average molecular weight is 268 g/mol. The molecule has 0 saturated heterocycles. The fourth-order valence-corrected chi connectivity index (χ4v) is 3.38. The van der Waals surface area contributed by atoms with Crippen molar-refractivity contribution in [3.8, 4) is 0 Å². The first-order valence-corrected chi connectivity index (χ1v) is 7.04. The third-order valence-corrected chi connectivity index (χ3v) is 4.29. The first-order chi connectivity index (χ1) is 8.54. The van der Waals surface area contributed by atoms with Crippen molar-refractivity contribution in [1.82, 2.24) is 4.90 Å². The van der Waals surface area contributed by atoms with Gasteiger partial charge >= 0.3 is 0 Å². The van der Waals surface area contributed by atoms with Gasteiger partial charge in [0.2, 0.25) is 0 Å². The first-order valence-electron chi connectivity index (χ1n) is 6.66. The summed E-state index contributed by atoms with van der Waals surface area (Å²) in [6.45, 7) is 0.904. The van der Waals surface area contributed by atoms with E-state index in [1.54, 1.807) is 0 Å². The van der Waals surface area contributed by atoms with E-state index in [-0.39, 0.29) is 5.92 Å². The van der Waals surface area contributed by atoms with Crippen molar-refractivity contribution in [1.29, 1.82) is 0 Å². The Morgan fingerprint density at radius 3 is 2.72 bits per heavy atom. The Morgan fingerprint density at radius 2 is 2.06 bits per heavy atom. The van der Waals surface area contributed by atoms with Gasteiger partial charge in [0.05, 0.1) is 5.60 Å². The van der Waals surface area contributed by atoms with Crippen molar-refractivity contribution in [3.05, 3.63) is 34.9 Å². The monoisotopic (exact) mass is 267 g/mol. The van der Waals surface area contributed by atoms with Crippen LogP contribution in [0.3, 0.4) is 0 Å². The summed E-state index contributed by atoms with van der Waals surface area (Å²) >= 11 is 6.28. The van der Waals surface area contributed by atoms with Crippen LogP contribution in [0.4, 0.5) is 0 Å². The largest absolute Gasteiger partial charge is 0.385 e. The van der Waals surface area contributed by atoms with E-state index in [1.807, 2.05) is 24.3 Å². The van der Waals surface area contributed by atoms with Crippen LogP contribution in [0.15, 0.2) is 24.3 Å². The predicted molar refractivity (Wildman–Crippen MR) is 75.9 cm³/mol. The minimum absolute atomic E-state index is 0.265. The second-order valence-corrected chi connectivity index (χ2v) is 6.02. The lowest BCUT2D eigenvalue weighted by Crippen LogP contribution is -2.43. The molecule has 1 aliphatic carbocycles. The van der Waals surface area contributed by atoms with E-state index in [4.69, 9.17) is 11.6 Å². The second kappa shape index (κ2) is 5.60. The van der Waals surface area contributed by atoms with Gasteiger partial charge in [-0.05, 0) is 33.0 Å². The fourth-order valence-electron chi connectivity index (χ4n) is 3.08. The lowest BCUT2D eigenvalue weighted by Gasteiger charge is -2.42. The Kier molecular flexibility index (Phi) is 4.31. The molecule has 0 spiro atoms. The van der Waals surface area contributed by atoms with E-state index in [9.17, 15) is 5.11 Å². The molecule has 0 bridgehead atoms. The molecular formula is C15H22ClNO. The van der Waals surface area contributed by atoms with Gasteiger partial charge in [0.25, 0.3) is 0 Å². The zero-order valence-corrected chi connectivity index (χ0v) is 12.0. The SMILES string of the molecule is CN(C)CC1CCCCC1(O)c1ccccc1Cl. The minimum Gasteiger partial charge on any atom is -0.385 e. The summed E-state index contributed by atoms with van der Waals surface area (Å²) in [6, 6.07) is 7.71. The maximum atomic E-state index is 11.1. The zero-order chi connectivity index (χ0) is 13.2. The van der Waals surface area contributed by atoms with Gasteiger partial charge in [0, 0.05) is 23.0 Å². The molecule has 100 valence electrons.